The maximum absolute atomic E-state index is 12.8. The molecule has 0 spiro atoms. The highest BCUT2D eigenvalue weighted by atomic mass is 16.4. The quantitative estimate of drug-likeness (QED) is 0.463. The van der Waals surface area contributed by atoms with E-state index >= 15 is 0 Å². The number of amides is 3. The van der Waals surface area contributed by atoms with Crippen LogP contribution in [-0.2, 0) is 11.3 Å². The van der Waals surface area contributed by atoms with Crippen LogP contribution in [0, 0.1) is 12.8 Å². The number of benzene rings is 3. The number of hydrogen-bond acceptors (Lipinski definition) is 3. The highest BCUT2D eigenvalue weighted by Crippen LogP contribution is 2.31. The van der Waals surface area contributed by atoms with Crippen LogP contribution in [0.1, 0.15) is 35.3 Å². The summed E-state index contributed by atoms with van der Waals surface area (Å²) in [6, 6.07) is 19.3. The molecule has 1 aliphatic rings. The molecule has 0 aromatic heterocycles. The van der Waals surface area contributed by atoms with Gasteiger partial charge in [0.25, 0.3) is 5.91 Å². The molecular formula is C27H27N3O4. The van der Waals surface area contributed by atoms with Crippen LogP contribution in [0.4, 0.5) is 16.2 Å². The number of nitrogens with zero attached hydrogens (tertiary/aromatic N) is 1. The third kappa shape index (κ3) is 4.78. The number of hydrogen-bond donors (Lipinski definition) is 3. The van der Waals surface area contributed by atoms with Crippen molar-refractivity contribution in [2.45, 2.75) is 33.4 Å². The molecule has 0 saturated carbocycles. The Morgan fingerprint density at radius 1 is 0.882 bits per heavy atom. The SMILES string of the molecule is Cc1ccc(NC(=O)Nc2ccc(-c3ccc4c(c3)CN(C(C(=O)O)C(C)C)C4=O)cc2)cc1. The van der Waals surface area contributed by atoms with Crippen LogP contribution >= 0.6 is 0 Å². The summed E-state index contributed by atoms with van der Waals surface area (Å²) in [4.78, 5) is 38.2. The maximum atomic E-state index is 12.8. The van der Waals surface area contributed by atoms with Gasteiger partial charge in [0, 0.05) is 23.5 Å². The van der Waals surface area contributed by atoms with Gasteiger partial charge in [-0.1, -0.05) is 49.7 Å². The van der Waals surface area contributed by atoms with Gasteiger partial charge in [0.1, 0.15) is 6.04 Å². The fourth-order valence-corrected chi connectivity index (χ4v) is 4.20. The number of carbonyl (C=O) groups excluding carboxylic acids is 2. The number of carboxylic acid groups (broad SMARTS) is 1. The average molecular weight is 458 g/mol. The molecule has 0 radical (unpaired) electrons. The molecule has 3 aromatic rings. The second-order valence-corrected chi connectivity index (χ2v) is 8.85. The minimum atomic E-state index is -0.995. The molecule has 0 saturated heterocycles. The lowest BCUT2D eigenvalue weighted by atomic mass is 10.0. The normalized spacial score (nSPS) is 13.5. The predicted octanol–water partition coefficient (Wildman–Crippen LogP) is 5.37. The number of anilines is 2. The highest BCUT2D eigenvalue weighted by molar-refractivity contribution is 6.01. The van der Waals surface area contributed by atoms with Crippen molar-refractivity contribution in [2.75, 3.05) is 10.6 Å². The number of rotatable bonds is 6. The molecule has 0 fully saturated rings. The minimum Gasteiger partial charge on any atom is -0.480 e. The first kappa shape index (κ1) is 23.0. The molecule has 0 bridgehead atoms. The van der Waals surface area contributed by atoms with Crippen LogP contribution in [0.25, 0.3) is 11.1 Å². The molecule has 4 rings (SSSR count). The number of urea groups is 1. The van der Waals surface area contributed by atoms with Gasteiger partial charge in [-0.2, -0.15) is 0 Å². The molecule has 7 nitrogen and oxygen atoms in total. The zero-order chi connectivity index (χ0) is 24.4. The zero-order valence-corrected chi connectivity index (χ0v) is 19.3. The maximum Gasteiger partial charge on any atom is 0.326 e. The van der Waals surface area contributed by atoms with Crippen LogP contribution in [0.3, 0.4) is 0 Å². The molecule has 3 aromatic carbocycles. The van der Waals surface area contributed by atoms with E-state index in [2.05, 4.69) is 10.6 Å². The number of fused-ring (bicyclic) bond motifs is 1. The first-order chi connectivity index (χ1) is 16.2. The van der Waals surface area contributed by atoms with E-state index in [-0.39, 0.29) is 24.4 Å². The van der Waals surface area contributed by atoms with Gasteiger partial charge in [0.15, 0.2) is 0 Å². The summed E-state index contributed by atoms with van der Waals surface area (Å²) in [5.41, 5.74) is 5.68. The van der Waals surface area contributed by atoms with Crippen molar-refractivity contribution in [1.29, 1.82) is 0 Å². The Balaban J connectivity index is 1.46. The van der Waals surface area contributed by atoms with E-state index in [0.717, 1.165) is 22.3 Å². The Hall–Kier alpha value is -4.13. The summed E-state index contributed by atoms with van der Waals surface area (Å²) in [5, 5.41) is 15.2. The van der Waals surface area contributed by atoms with E-state index in [0.29, 0.717) is 16.9 Å². The van der Waals surface area contributed by atoms with Crippen molar-refractivity contribution < 1.29 is 19.5 Å². The molecule has 1 unspecified atom stereocenters. The lowest BCUT2D eigenvalue weighted by Crippen LogP contribution is -2.44. The Morgan fingerprint density at radius 3 is 2.00 bits per heavy atom. The molecular weight excluding hydrogens is 430 g/mol. The second kappa shape index (κ2) is 9.39. The van der Waals surface area contributed by atoms with Crippen LogP contribution in [0.5, 0.6) is 0 Å². The van der Waals surface area contributed by atoms with Gasteiger partial charge in [-0.05, 0) is 65.9 Å². The topological polar surface area (TPSA) is 98.7 Å². The summed E-state index contributed by atoms with van der Waals surface area (Å²) in [6.07, 6.45) is 0. The monoisotopic (exact) mass is 457 g/mol. The van der Waals surface area contributed by atoms with Crippen molar-refractivity contribution in [3.63, 3.8) is 0 Å². The first-order valence-corrected chi connectivity index (χ1v) is 11.1. The standard InChI is InChI=1S/C27H27N3O4/c1-16(2)24(26(32)33)30-15-20-14-19(8-13-23(20)25(30)31)18-6-11-22(12-7-18)29-27(34)28-21-9-4-17(3)5-10-21/h4-14,16,24H,15H2,1-3H3,(H,32,33)(H2,28,29,34). The fourth-order valence-electron chi connectivity index (χ4n) is 4.20. The van der Waals surface area contributed by atoms with Gasteiger partial charge < -0.3 is 20.6 Å². The first-order valence-electron chi connectivity index (χ1n) is 11.1. The minimum absolute atomic E-state index is 0.196. The summed E-state index contributed by atoms with van der Waals surface area (Å²) in [6.45, 7) is 5.86. The molecule has 3 amide bonds. The van der Waals surface area contributed by atoms with Crippen molar-refractivity contribution >= 4 is 29.3 Å². The summed E-state index contributed by atoms with van der Waals surface area (Å²) in [5.74, 6) is -1.44. The molecule has 1 atom stereocenters. The Kier molecular flexibility index (Phi) is 6.36. The summed E-state index contributed by atoms with van der Waals surface area (Å²) in [7, 11) is 0. The van der Waals surface area contributed by atoms with Crippen molar-refractivity contribution in [3.8, 4) is 11.1 Å². The van der Waals surface area contributed by atoms with Crippen LogP contribution in [-0.4, -0.2) is 34.0 Å². The van der Waals surface area contributed by atoms with E-state index in [1.807, 2.05) is 67.6 Å². The van der Waals surface area contributed by atoms with E-state index < -0.39 is 12.0 Å². The fraction of sp³-hybridized carbons (Fsp3) is 0.222. The largest absolute Gasteiger partial charge is 0.480 e. The van der Waals surface area contributed by atoms with Gasteiger partial charge in [0.05, 0.1) is 0 Å². The summed E-state index contributed by atoms with van der Waals surface area (Å²) >= 11 is 0. The number of aliphatic carboxylic acids is 1. The smallest absolute Gasteiger partial charge is 0.326 e. The van der Waals surface area contributed by atoms with E-state index in [4.69, 9.17) is 0 Å². The van der Waals surface area contributed by atoms with Crippen LogP contribution < -0.4 is 10.6 Å². The van der Waals surface area contributed by atoms with E-state index in [1.54, 1.807) is 19.9 Å². The number of carboxylic acids is 1. The van der Waals surface area contributed by atoms with Crippen LogP contribution in [0.15, 0.2) is 66.7 Å². The highest BCUT2D eigenvalue weighted by Gasteiger charge is 2.38. The van der Waals surface area contributed by atoms with Crippen molar-refractivity contribution in [3.05, 3.63) is 83.4 Å². The molecule has 34 heavy (non-hydrogen) atoms. The number of nitrogens with one attached hydrogen (secondary N) is 2. The zero-order valence-electron chi connectivity index (χ0n) is 19.3. The van der Waals surface area contributed by atoms with Gasteiger partial charge in [0.2, 0.25) is 0 Å². The van der Waals surface area contributed by atoms with E-state index in [9.17, 15) is 19.5 Å². The van der Waals surface area contributed by atoms with Gasteiger partial charge >= 0.3 is 12.0 Å². The average Bonchev–Trinajstić information content (AvgIpc) is 3.10. The van der Waals surface area contributed by atoms with Crippen LogP contribution in [0.2, 0.25) is 0 Å². The van der Waals surface area contributed by atoms with Crippen molar-refractivity contribution in [2.24, 2.45) is 5.92 Å². The Bertz CT molecular complexity index is 1230. The number of carbonyl (C=O) groups is 3. The molecule has 1 aliphatic heterocycles. The van der Waals surface area contributed by atoms with Gasteiger partial charge in [-0.25, -0.2) is 9.59 Å². The molecule has 1 heterocycles. The van der Waals surface area contributed by atoms with Gasteiger partial charge in [-0.3, -0.25) is 4.79 Å². The predicted molar refractivity (Wildman–Crippen MR) is 132 cm³/mol. The van der Waals surface area contributed by atoms with Crippen molar-refractivity contribution in [1.82, 2.24) is 4.90 Å². The second-order valence-electron chi connectivity index (χ2n) is 8.85. The molecule has 3 N–H and O–H groups in total. The number of aryl methyl sites for hydroxylation is 1. The molecule has 174 valence electrons. The third-order valence-corrected chi connectivity index (χ3v) is 5.94. The Morgan fingerprint density at radius 2 is 1.44 bits per heavy atom. The van der Waals surface area contributed by atoms with Gasteiger partial charge in [-0.15, -0.1) is 0 Å². The van der Waals surface area contributed by atoms with E-state index in [1.165, 1.54) is 4.90 Å². The third-order valence-electron chi connectivity index (χ3n) is 5.94. The Labute approximate surface area is 198 Å². The summed E-state index contributed by atoms with van der Waals surface area (Å²) < 4.78 is 0. The molecule has 0 aliphatic carbocycles. The lowest BCUT2D eigenvalue weighted by molar-refractivity contribution is -0.144. The lowest BCUT2D eigenvalue weighted by Gasteiger charge is -2.27. The molecule has 7 heteroatoms.